The van der Waals surface area contributed by atoms with Crippen molar-refractivity contribution >= 4 is 21.4 Å². The minimum atomic E-state index is -0.299. The molecule has 0 atom stereocenters. The third kappa shape index (κ3) is 1.48. The summed E-state index contributed by atoms with van der Waals surface area (Å²) in [4.78, 5) is 24.4. The lowest BCUT2D eigenvalue weighted by Gasteiger charge is -1.97. The van der Waals surface area contributed by atoms with Crippen molar-refractivity contribution in [2.24, 2.45) is 0 Å². The first-order valence-corrected chi connectivity index (χ1v) is 5.18. The van der Waals surface area contributed by atoms with Crippen LogP contribution in [0, 0.1) is 0 Å². The van der Waals surface area contributed by atoms with Gasteiger partial charge in [0.05, 0.1) is 5.39 Å². The molecule has 0 aliphatic heterocycles. The molecule has 4 heteroatoms. The van der Waals surface area contributed by atoms with Crippen LogP contribution in [-0.2, 0) is 6.42 Å². The molecule has 0 unspecified atom stereocenters. The number of rotatable bonds is 1. The van der Waals surface area contributed by atoms with E-state index in [0.717, 1.165) is 28.0 Å². The predicted octanol–water partition coefficient (Wildman–Crippen LogP) is 1.51. The van der Waals surface area contributed by atoms with E-state index in [9.17, 15) is 9.59 Å². The topological polar surface area (TPSA) is 49.9 Å². The number of nitrogens with one attached hydrogen (secondary N) is 1. The van der Waals surface area contributed by atoms with Crippen molar-refractivity contribution in [3.05, 3.63) is 43.8 Å². The zero-order valence-electron chi connectivity index (χ0n) is 7.66. The molecule has 2 rings (SSSR count). The number of H-pyrrole nitrogens is 1. The number of aromatic nitrogens is 1. The van der Waals surface area contributed by atoms with Gasteiger partial charge in [-0.15, -0.1) is 0 Å². The van der Waals surface area contributed by atoms with Crippen LogP contribution in [0.4, 0.5) is 0 Å². The highest BCUT2D eigenvalue weighted by molar-refractivity contribution is 7.15. The van der Waals surface area contributed by atoms with Gasteiger partial charge < -0.3 is 0 Å². The monoisotopic (exact) mass is 207 g/mol. The first-order valence-electron chi connectivity index (χ1n) is 4.37. The molecule has 0 aliphatic rings. The minimum absolute atomic E-state index is 0.293. The van der Waals surface area contributed by atoms with E-state index >= 15 is 0 Å². The van der Waals surface area contributed by atoms with Gasteiger partial charge in [0.1, 0.15) is 0 Å². The van der Waals surface area contributed by atoms with E-state index in [-0.39, 0.29) is 10.4 Å². The maximum absolute atomic E-state index is 11.4. The van der Waals surface area contributed by atoms with Gasteiger partial charge in [-0.3, -0.25) is 14.6 Å². The molecule has 0 radical (unpaired) electrons. The normalized spacial score (nSPS) is 10.6. The molecule has 0 bridgehead atoms. The van der Waals surface area contributed by atoms with Crippen molar-refractivity contribution in [3.63, 3.8) is 0 Å². The highest BCUT2D eigenvalue weighted by Gasteiger charge is 2.01. The third-order valence-electron chi connectivity index (χ3n) is 2.12. The van der Waals surface area contributed by atoms with E-state index in [0.29, 0.717) is 5.39 Å². The fraction of sp³-hybridized carbons (Fsp3) is 0.200. The molecule has 14 heavy (non-hydrogen) atoms. The van der Waals surface area contributed by atoms with Gasteiger partial charge in [-0.25, -0.2) is 0 Å². The van der Waals surface area contributed by atoms with Crippen LogP contribution in [-0.4, -0.2) is 4.98 Å². The Morgan fingerprint density at radius 2 is 2.14 bits per heavy atom. The van der Waals surface area contributed by atoms with Gasteiger partial charge in [0.15, 0.2) is 0 Å². The van der Waals surface area contributed by atoms with Crippen LogP contribution in [0.2, 0.25) is 0 Å². The Kier molecular flexibility index (Phi) is 2.21. The lowest BCUT2D eigenvalue weighted by molar-refractivity contribution is 1.14. The van der Waals surface area contributed by atoms with Gasteiger partial charge >= 0.3 is 4.87 Å². The summed E-state index contributed by atoms with van der Waals surface area (Å²) >= 11 is 1.06. The van der Waals surface area contributed by atoms with Crippen LogP contribution < -0.4 is 10.4 Å². The molecule has 1 heterocycles. The fourth-order valence-corrected chi connectivity index (χ4v) is 2.09. The summed E-state index contributed by atoms with van der Waals surface area (Å²) < 4.78 is 0.746. The molecule has 0 spiro atoms. The first-order chi connectivity index (χ1) is 6.70. The van der Waals surface area contributed by atoms with Gasteiger partial charge in [-0.1, -0.05) is 24.3 Å². The second-order valence-electron chi connectivity index (χ2n) is 3.03. The zero-order chi connectivity index (χ0) is 10.1. The highest BCUT2D eigenvalue weighted by Crippen LogP contribution is 2.13. The molecule has 1 aromatic carbocycles. The van der Waals surface area contributed by atoms with Crippen molar-refractivity contribution in [3.8, 4) is 0 Å². The summed E-state index contributed by atoms with van der Waals surface area (Å²) in [5.74, 6) is 0. The Morgan fingerprint density at radius 3 is 2.86 bits per heavy atom. The van der Waals surface area contributed by atoms with Crippen LogP contribution in [0.25, 0.3) is 10.1 Å². The van der Waals surface area contributed by atoms with E-state index < -0.39 is 0 Å². The Balaban J connectivity index is 2.89. The molecule has 0 fully saturated rings. The van der Waals surface area contributed by atoms with Crippen molar-refractivity contribution < 1.29 is 0 Å². The molecular formula is C10H9NO2S. The van der Waals surface area contributed by atoms with Crippen molar-refractivity contribution in [2.45, 2.75) is 13.3 Å². The predicted molar refractivity (Wildman–Crippen MR) is 58.1 cm³/mol. The Bertz CT molecular complexity index is 582. The largest absolute Gasteiger partial charge is 0.307 e. The fourth-order valence-electron chi connectivity index (χ4n) is 1.35. The molecule has 0 saturated heterocycles. The summed E-state index contributed by atoms with van der Waals surface area (Å²) in [6.45, 7) is 2.03. The van der Waals surface area contributed by atoms with Gasteiger partial charge in [0.25, 0.3) is 5.56 Å². The second-order valence-corrected chi connectivity index (χ2v) is 4.04. The molecule has 3 nitrogen and oxygen atoms in total. The average molecular weight is 207 g/mol. The maximum atomic E-state index is 11.4. The Morgan fingerprint density at radius 1 is 1.36 bits per heavy atom. The number of hydrogen-bond donors (Lipinski definition) is 1. The van der Waals surface area contributed by atoms with E-state index in [4.69, 9.17) is 0 Å². The van der Waals surface area contributed by atoms with Crippen molar-refractivity contribution in [2.75, 3.05) is 0 Å². The molecule has 1 N–H and O–H groups in total. The van der Waals surface area contributed by atoms with Gasteiger partial charge in [-0.2, -0.15) is 0 Å². The van der Waals surface area contributed by atoms with Gasteiger partial charge in [-0.05, 0) is 24.1 Å². The standard InChI is InChI=1S/C10H9NO2S/c1-2-6-3-4-8-7(5-6)9(12)11-10(13)14-8/h3-5H,2H2,1H3,(H,11,12,13). The average Bonchev–Trinajstić information content (AvgIpc) is 2.17. The van der Waals surface area contributed by atoms with E-state index in [1.54, 1.807) is 0 Å². The smallest absolute Gasteiger partial charge is 0.280 e. The van der Waals surface area contributed by atoms with E-state index in [1.165, 1.54) is 0 Å². The van der Waals surface area contributed by atoms with Crippen LogP contribution in [0.3, 0.4) is 0 Å². The quantitative estimate of drug-likeness (QED) is 0.770. The molecule has 72 valence electrons. The molecule has 0 amide bonds. The summed E-state index contributed by atoms with van der Waals surface area (Å²) in [5.41, 5.74) is 0.813. The van der Waals surface area contributed by atoms with Crippen LogP contribution in [0.5, 0.6) is 0 Å². The van der Waals surface area contributed by atoms with Gasteiger partial charge in [0, 0.05) is 4.70 Å². The van der Waals surface area contributed by atoms with Crippen LogP contribution in [0.1, 0.15) is 12.5 Å². The first kappa shape index (κ1) is 9.15. The van der Waals surface area contributed by atoms with E-state index in [2.05, 4.69) is 4.98 Å². The number of aromatic amines is 1. The number of fused-ring (bicyclic) bond motifs is 1. The molecule has 1 aromatic heterocycles. The Labute approximate surface area is 84.0 Å². The molecule has 0 aliphatic carbocycles. The van der Waals surface area contributed by atoms with E-state index in [1.807, 2.05) is 25.1 Å². The summed E-state index contributed by atoms with van der Waals surface area (Å²) in [6, 6.07) is 5.61. The lowest BCUT2D eigenvalue weighted by Crippen LogP contribution is -2.15. The molecular weight excluding hydrogens is 198 g/mol. The minimum Gasteiger partial charge on any atom is -0.280 e. The SMILES string of the molecule is CCc1ccc2sc(=O)[nH]c(=O)c2c1. The summed E-state index contributed by atoms with van der Waals surface area (Å²) in [5, 5.41) is 0.606. The number of hydrogen-bond acceptors (Lipinski definition) is 3. The summed E-state index contributed by atoms with van der Waals surface area (Å²) in [6.07, 6.45) is 0.888. The Hall–Kier alpha value is -1.42. The third-order valence-corrected chi connectivity index (χ3v) is 2.98. The second kappa shape index (κ2) is 3.38. The summed E-state index contributed by atoms with van der Waals surface area (Å²) in [7, 11) is 0. The van der Waals surface area contributed by atoms with Crippen LogP contribution in [0.15, 0.2) is 27.8 Å². The highest BCUT2D eigenvalue weighted by atomic mass is 32.1. The van der Waals surface area contributed by atoms with Crippen molar-refractivity contribution in [1.29, 1.82) is 0 Å². The molecule has 0 saturated carbocycles. The number of benzene rings is 1. The number of aryl methyl sites for hydroxylation is 1. The lowest BCUT2D eigenvalue weighted by atomic mass is 10.1. The maximum Gasteiger partial charge on any atom is 0.307 e. The molecule has 2 aromatic rings. The van der Waals surface area contributed by atoms with Crippen LogP contribution >= 0.6 is 11.3 Å². The van der Waals surface area contributed by atoms with Crippen molar-refractivity contribution in [1.82, 2.24) is 4.98 Å². The zero-order valence-corrected chi connectivity index (χ0v) is 8.48. The van der Waals surface area contributed by atoms with Gasteiger partial charge in [0.2, 0.25) is 0 Å².